The standard InChI is InChI=1S/C10H10N2O3/c1-15-10(14)9(13)8-6-4-2-3-5-7(6)11-12-8/h2-5,9,13H,1H3,(H,11,12). The molecule has 1 aromatic carbocycles. The summed E-state index contributed by atoms with van der Waals surface area (Å²) in [4.78, 5) is 11.1. The van der Waals surface area contributed by atoms with Crippen molar-refractivity contribution in [3.63, 3.8) is 0 Å². The van der Waals surface area contributed by atoms with E-state index in [-0.39, 0.29) is 0 Å². The summed E-state index contributed by atoms with van der Waals surface area (Å²) >= 11 is 0. The molecule has 5 heteroatoms. The molecule has 0 aliphatic rings. The van der Waals surface area contributed by atoms with E-state index in [0.717, 1.165) is 5.39 Å². The molecule has 1 aromatic heterocycles. The number of carbonyl (C=O) groups is 1. The van der Waals surface area contributed by atoms with Gasteiger partial charge < -0.3 is 9.84 Å². The van der Waals surface area contributed by atoms with Gasteiger partial charge in [0.05, 0.1) is 18.3 Å². The summed E-state index contributed by atoms with van der Waals surface area (Å²) in [5.41, 5.74) is 1.06. The second kappa shape index (κ2) is 3.70. The van der Waals surface area contributed by atoms with Crippen LogP contribution < -0.4 is 0 Å². The molecular weight excluding hydrogens is 196 g/mol. The summed E-state index contributed by atoms with van der Waals surface area (Å²) in [6.07, 6.45) is -1.32. The highest BCUT2D eigenvalue weighted by atomic mass is 16.5. The van der Waals surface area contributed by atoms with Crippen molar-refractivity contribution in [2.75, 3.05) is 7.11 Å². The van der Waals surface area contributed by atoms with E-state index in [9.17, 15) is 9.90 Å². The molecular formula is C10H10N2O3. The number of rotatable bonds is 2. The third kappa shape index (κ3) is 1.57. The number of nitrogens with zero attached hydrogens (tertiary/aromatic N) is 1. The van der Waals surface area contributed by atoms with Gasteiger partial charge in [-0.25, -0.2) is 4.79 Å². The van der Waals surface area contributed by atoms with Crippen molar-refractivity contribution < 1.29 is 14.6 Å². The first kappa shape index (κ1) is 9.67. The lowest BCUT2D eigenvalue weighted by Gasteiger charge is -2.05. The molecule has 1 atom stereocenters. The zero-order valence-electron chi connectivity index (χ0n) is 8.10. The Hall–Kier alpha value is -1.88. The number of methoxy groups -OCH3 is 1. The molecule has 2 rings (SSSR count). The molecule has 0 aliphatic heterocycles. The van der Waals surface area contributed by atoms with Gasteiger partial charge in [0.1, 0.15) is 0 Å². The second-order valence-electron chi connectivity index (χ2n) is 3.08. The van der Waals surface area contributed by atoms with E-state index in [1.807, 2.05) is 12.1 Å². The van der Waals surface area contributed by atoms with E-state index in [2.05, 4.69) is 14.9 Å². The number of aromatic nitrogens is 2. The number of benzene rings is 1. The minimum atomic E-state index is -1.32. The Bertz CT molecular complexity index is 492. The van der Waals surface area contributed by atoms with Gasteiger partial charge in [-0.15, -0.1) is 0 Å². The van der Waals surface area contributed by atoms with Crippen molar-refractivity contribution in [1.29, 1.82) is 0 Å². The lowest BCUT2D eigenvalue weighted by molar-refractivity contribution is -0.150. The van der Waals surface area contributed by atoms with E-state index in [4.69, 9.17) is 0 Å². The summed E-state index contributed by atoms with van der Waals surface area (Å²) in [5, 5.41) is 16.9. The van der Waals surface area contributed by atoms with Crippen LogP contribution in [-0.4, -0.2) is 28.4 Å². The molecule has 5 nitrogen and oxygen atoms in total. The zero-order chi connectivity index (χ0) is 10.8. The van der Waals surface area contributed by atoms with Crippen LogP contribution in [0, 0.1) is 0 Å². The predicted octanol–water partition coefficient (Wildman–Crippen LogP) is 0.769. The number of para-hydroxylation sites is 1. The third-order valence-corrected chi connectivity index (χ3v) is 2.19. The minimum absolute atomic E-state index is 0.359. The van der Waals surface area contributed by atoms with E-state index < -0.39 is 12.1 Å². The highest BCUT2D eigenvalue weighted by molar-refractivity contribution is 5.87. The fourth-order valence-corrected chi connectivity index (χ4v) is 1.42. The van der Waals surface area contributed by atoms with Gasteiger partial charge >= 0.3 is 5.97 Å². The van der Waals surface area contributed by atoms with Gasteiger partial charge in [-0.3, -0.25) is 5.10 Å². The maximum absolute atomic E-state index is 11.1. The lowest BCUT2D eigenvalue weighted by Crippen LogP contribution is -2.14. The molecule has 0 amide bonds. The Kier molecular flexibility index (Phi) is 2.39. The average molecular weight is 206 g/mol. The Balaban J connectivity index is 2.48. The maximum atomic E-state index is 11.1. The Morgan fingerprint density at radius 3 is 3.00 bits per heavy atom. The van der Waals surface area contributed by atoms with Crippen LogP contribution in [0.1, 0.15) is 11.8 Å². The number of esters is 1. The average Bonchev–Trinajstić information content (AvgIpc) is 2.70. The number of fused-ring (bicyclic) bond motifs is 1. The van der Waals surface area contributed by atoms with Crippen LogP contribution >= 0.6 is 0 Å². The van der Waals surface area contributed by atoms with Gasteiger partial charge in [0.25, 0.3) is 0 Å². The third-order valence-electron chi connectivity index (χ3n) is 2.19. The van der Waals surface area contributed by atoms with Crippen LogP contribution in [0.4, 0.5) is 0 Å². The summed E-state index contributed by atoms with van der Waals surface area (Å²) in [6, 6.07) is 7.21. The number of H-pyrrole nitrogens is 1. The molecule has 0 radical (unpaired) electrons. The van der Waals surface area contributed by atoms with E-state index >= 15 is 0 Å². The number of hydrogen-bond acceptors (Lipinski definition) is 4. The zero-order valence-corrected chi connectivity index (χ0v) is 8.10. The molecule has 0 aliphatic carbocycles. The van der Waals surface area contributed by atoms with Gasteiger partial charge in [0.15, 0.2) is 6.10 Å². The Morgan fingerprint density at radius 2 is 2.27 bits per heavy atom. The number of carbonyl (C=O) groups excluding carboxylic acids is 1. The van der Waals surface area contributed by atoms with E-state index in [0.29, 0.717) is 11.2 Å². The summed E-state index contributed by atoms with van der Waals surface area (Å²) < 4.78 is 4.45. The van der Waals surface area contributed by atoms with Crippen LogP contribution in [0.5, 0.6) is 0 Å². The van der Waals surface area contributed by atoms with Crippen LogP contribution in [0.15, 0.2) is 24.3 Å². The Labute approximate surface area is 85.7 Å². The monoisotopic (exact) mass is 206 g/mol. The van der Waals surface area contributed by atoms with Gasteiger partial charge in [-0.2, -0.15) is 5.10 Å². The molecule has 0 bridgehead atoms. The van der Waals surface area contributed by atoms with Crippen LogP contribution in [0.25, 0.3) is 10.9 Å². The van der Waals surface area contributed by atoms with Crippen molar-refractivity contribution >= 4 is 16.9 Å². The summed E-state index contributed by atoms with van der Waals surface area (Å²) in [7, 11) is 1.23. The van der Waals surface area contributed by atoms with Crippen LogP contribution in [-0.2, 0) is 9.53 Å². The molecule has 15 heavy (non-hydrogen) atoms. The topological polar surface area (TPSA) is 75.2 Å². The number of nitrogens with one attached hydrogen (secondary N) is 1. The number of hydrogen-bond donors (Lipinski definition) is 2. The van der Waals surface area contributed by atoms with Crippen LogP contribution in [0.2, 0.25) is 0 Å². The SMILES string of the molecule is COC(=O)C(O)c1[nH]nc2ccccc12. The quantitative estimate of drug-likeness (QED) is 0.711. The summed E-state index contributed by atoms with van der Waals surface area (Å²) in [6.45, 7) is 0. The highest BCUT2D eigenvalue weighted by Crippen LogP contribution is 2.21. The fraction of sp³-hybridized carbons (Fsp3) is 0.200. The second-order valence-corrected chi connectivity index (χ2v) is 3.08. The molecule has 78 valence electrons. The predicted molar refractivity (Wildman–Crippen MR) is 53.1 cm³/mol. The van der Waals surface area contributed by atoms with E-state index in [1.165, 1.54) is 7.11 Å². The van der Waals surface area contributed by atoms with Crippen molar-refractivity contribution in [3.05, 3.63) is 30.0 Å². The molecule has 2 aromatic rings. The number of ether oxygens (including phenoxy) is 1. The van der Waals surface area contributed by atoms with Crippen molar-refractivity contribution in [3.8, 4) is 0 Å². The van der Waals surface area contributed by atoms with Gasteiger partial charge in [-0.05, 0) is 6.07 Å². The molecule has 0 saturated heterocycles. The van der Waals surface area contributed by atoms with Crippen molar-refractivity contribution in [1.82, 2.24) is 10.2 Å². The molecule has 2 N–H and O–H groups in total. The fourth-order valence-electron chi connectivity index (χ4n) is 1.42. The first-order chi connectivity index (χ1) is 7.24. The van der Waals surface area contributed by atoms with Crippen LogP contribution in [0.3, 0.4) is 0 Å². The van der Waals surface area contributed by atoms with Gasteiger partial charge in [0, 0.05) is 5.39 Å². The Morgan fingerprint density at radius 1 is 1.53 bits per heavy atom. The van der Waals surface area contributed by atoms with E-state index in [1.54, 1.807) is 12.1 Å². The van der Waals surface area contributed by atoms with Gasteiger partial charge in [0.2, 0.25) is 0 Å². The molecule has 1 heterocycles. The number of aliphatic hydroxyl groups excluding tert-OH is 1. The minimum Gasteiger partial charge on any atom is -0.467 e. The summed E-state index contributed by atoms with van der Waals surface area (Å²) in [5.74, 6) is -0.704. The smallest absolute Gasteiger partial charge is 0.341 e. The largest absolute Gasteiger partial charge is 0.467 e. The molecule has 0 fully saturated rings. The molecule has 1 unspecified atom stereocenters. The van der Waals surface area contributed by atoms with Gasteiger partial charge in [-0.1, -0.05) is 18.2 Å². The molecule has 0 saturated carbocycles. The van der Waals surface area contributed by atoms with Crippen molar-refractivity contribution in [2.24, 2.45) is 0 Å². The molecule has 0 spiro atoms. The highest BCUT2D eigenvalue weighted by Gasteiger charge is 2.22. The lowest BCUT2D eigenvalue weighted by atomic mass is 10.1. The first-order valence-electron chi connectivity index (χ1n) is 4.43. The first-order valence-corrected chi connectivity index (χ1v) is 4.43. The maximum Gasteiger partial charge on any atom is 0.341 e. The normalized spacial score (nSPS) is 12.7. The number of aliphatic hydroxyl groups is 1. The number of aromatic amines is 1. The van der Waals surface area contributed by atoms with Crippen molar-refractivity contribution in [2.45, 2.75) is 6.10 Å².